The fraction of sp³-hybridized carbons (Fsp3) is 0.324. The van der Waals surface area contributed by atoms with Crippen molar-refractivity contribution < 1.29 is 28.7 Å². The zero-order chi connectivity index (χ0) is 92.1. The average molecular weight is 1760 g/mol. The molecule has 27 heteroatoms. The van der Waals surface area contributed by atoms with Gasteiger partial charge in [0.1, 0.15) is 53.8 Å². The van der Waals surface area contributed by atoms with E-state index in [0.29, 0.717) is 128 Å². The average Bonchev–Trinajstić information content (AvgIpc) is 0.751. The van der Waals surface area contributed by atoms with Gasteiger partial charge in [0, 0.05) is 154 Å². The first-order valence-corrected chi connectivity index (χ1v) is 45.1. The standard InChI is InChI=1S/2C35H33N7O2.C35H37N7O2/c2*1-3-32(43)42-19-18-41(21-27(42)13-15-36)34-28-14-17-40(31-12-7-10-25-9-6-8-24(2)33(25)31)22-30(28)39-35(29(34)20-37)44-23-26-11-4-5-16-38-26;1-3-31(43)42-20-19-41(22-26(42)13-15-36)34-27-14-18-40(30-12-8-11-25-10-7-9-24(2)32(25)30)23-29(27)38-33(28(34)21-37)35(44)39-16-5-4-6-17-39/h2*3-12,16,27H,1,13-14,17-19,21-23H2,2H3;3,7-12,26H,1,4-6,13-14,16-20,22-23H2,2H3/t2*27-;26-/m000/s1. The summed E-state index contributed by atoms with van der Waals surface area (Å²) < 4.78 is 12.4. The molecule has 7 aliphatic rings. The van der Waals surface area contributed by atoms with Crippen LogP contribution in [0.4, 0.5) is 34.1 Å². The van der Waals surface area contributed by atoms with Gasteiger partial charge in [0.2, 0.25) is 29.5 Å². The van der Waals surface area contributed by atoms with Crippen LogP contribution >= 0.6 is 0 Å². The van der Waals surface area contributed by atoms with Gasteiger partial charge in [0.25, 0.3) is 5.91 Å². The van der Waals surface area contributed by atoms with Crippen molar-refractivity contribution in [1.29, 1.82) is 31.6 Å². The van der Waals surface area contributed by atoms with Crippen LogP contribution in [-0.2, 0) is 66.5 Å². The Morgan fingerprint density at radius 2 is 0.735 bits per heavy atom. The lowest BCUT2D eigenvalue weighted by Gasteiger charge is -2.43. The molecule has 3 atom stereocenters. The number of carbonyl (C=O) groups is 4. The number of amides is 4. The molecule has 132 heavy (non-hydrogen) atoms. The van der Waals surface area contributed by atoms with E-state index < -0.39 is 0 Å². The number of piperidine rings is 1. The van der Waals surface area contributed by atoms with Gasteiger partial charge in [0.15, 0.2) is 0 Å². The second kappa shape index (κ2) is 40.7. The molecule has 0 radical (unpaired) electrons. The number of carbonyl (C=O) groups excluding carboxylic acids is 4. The zero-order valence-corrected chi connectivity index (χ0v) is 74.7. The van der Waals surface area contributed by atoms with E-state index in [-0.39, 0.29) is 91.7 Å². The summed E-state index contributed by atoms with van der Waals surface area (Å²) >= 11 is 0. The van der Waals surface area contributed by atoms with E-state index >= 15 is 0 Å². The molecule has 0 saturated carbocycles. The smallest absolute Gasteiger partial charge is 0.273 e. The van der Waals surface area contributed by atoms with Crippen molar-refractivity contribution in [3.8, 4) is 48.2 Å². The number of aromatic nitrogens is 5. The predicted octanol–water partition coefficient (Wildman–Crippen LogP) is 14.9. The van der Waals surface area contributed by atoms with Gasteiger partial charge in [-0.2, -0.15) is 31.6 Å². The van der Waals surface area contributed by atoms with E-state index in [1.165, 1.54) is 67.2 Å². The molecule has 0 spiro atoms. The third-order valence-electron chi connectivity index (χ3n) is 26.3. The summed E-state index contributed by atoms with van der Waals surface area (Å²) in [6, 6.07) is 62.2. The first-order chi connectivity index (χ1) is 64.5. The van der Waals surface area contributed by atoms with Crippen molar-refractivity contribution in [3.63, 3.8) is 0 Å². The molecule has 4 fully saturated rings. The highest BCUT2D eigenvalue weighted by Gasteiger charge is 2.41. The summed E-state index contributed by atoms with van der Waals surface area (Å²) in [6.45, 7) is 26.8. The minimum absolute atomic E-state index is 0.166. The van der Waals surface area contributed by atoms with Crippen molar-refractivity contribution in [2.24, 2.45) is 0 Å². The third-order valence-corrected chi connectivity index (χ3v) is 26.3. The molecule has 12 heterocycles. The highest BCUT2D eigenvalue weighted by Crippen LogP contribution is 2.45. The highest BCUT2D eigenvalue weighted by molar-refractivity contribution is 6.01. The molecule has 0 aliphatic carbocycles. The lowest BCUT2D eigenvalue weighted by molar-refractivity contribution is -0.129. The van der Waals surface area contributed by atoms with E-state index in [4.69, 9.17) is 24.4 Å². The molecule has 5 aromatic heterocycles. The number of hydrogen-bond acceptors (Lipinski definition) is 23. The molecule has 18 rings (SSSR count). The van der Waals surface area contributed by atoms with E-state index in [2.05, 4.69) is 225 Å². The van der Waals surface area contributed by atoms with Crippen LogP contribution in [0.5, 0.6) is 11.8 Å². The lowest BCUT2D eigenvalue weighted by atomic mass is 9.94. The van der Waals surface area contributed by atoms with Crippen molar-refractivity contribution in [3.05, 3.63) is 280 Å². The van der Waals surface area contributed by atoms with Gasteiger partial charge in [-0.25, -0.2) is 15.0 Å². The molecular formula is C105H103N21O6. The van der Waals surface area contributed by atoms with Gasteiger partial charge in [-0.1, -0.05) is 123 Å². The summed E-state index contributed by atoms with van der Waals surface area (Å²) in [7, 11) is 0. The number of piperazine rings is 3. The van der Waals surface area contributed by atoms with Gasteiger partial charge >= 0.3 is 0 Å². The number of anilines is 6. The maximum atomic E-state index is 14.0. The number of aryl methyl sites for hydroxylation is 3. The number of nitriles is 6. The van der Waals surface area contributed by atoms with E-state index in [9.17, 15) is 50.7 Å². The predicted molar refractivity (Wildman–Crippen MR) is 508 cm³/mol. The highest BCUT2D eigenvalue weighted by atomic mass is 16.5. The largest absolute Gasteiger partial charge is 0.470 e. The Kier molecular flexibility index (Phi) is 27.7. The topological polar surface area (TPSA) is 326 Å². The SMILES string of the molecule is C=CC(=O)N1CCN(c2c(C#N)c(C(=O)N3CCCCC3)nc3c2CCN(c2cccc4cccc(C)c24)C3)C[C@@H]1CC#N.C=CC(=O)N1CCN(c2c(C#N)c(OCc3ccccn3)nc3c2CCN(c2cccc4cccc(C)c24)C3)C[C@@H]1CC#N.C=CC(=O)N1CCN(c2c(C#N)c(OCc3ccccn3)nc3c2CCN(c2cccc4cccc(C)c24)C3)C[C@@H]1CC#N. The molecule has 4 saturated heterocycles. The van der Waals surface area contributed by atoms with Crippen LogP contribution in [0.25, 0.3) is 32.3 Å². The summed E-state index contributed by atoms with van der Waals surface area (Å²) in [4.78, 5) is 95.8. The fourth-order valence-corrected chi connectivity index (χ4v) is 20.0. The lowest BCUT2D eigenvalue weighted by Crippen LogP contribution is -2.55. The minimum atomic E-state index is -0.352. The molecule has 27 nitrogen and oxygen atoms in total. The van der Waals surface area contributed by atoms with Crippen LogP contribution in [0.3, 0.4) is 0 Å². The summed E-state index contributed by atoms with van der Waals surface area (Å²) in [5, 5.41) is 67.5. The Labute approximate surface area is 769 Å². The van der Waals surface area contributed by atoms with Crippen LogP contribution in [0.1, 0.15) is 128 Å². The van der Waals surface area contributed by atoms with Gasteiger partial charge < -0.3 is 58.5 Å². The summed E-state index contributed by atoms with van der Waals surface area (Å²) in [5.41, 5.74) is 17.6. The second-order valence-electron chi connectivity index (χ2n) is 34.1. The Balaban J connectivity index is 0.000000144. The number of fused-ring (bicyclic) bond motifs is 6. The van der Waals surface area contributed by atoms with Crippen molar-refractivity contribution in [2.75, 3.05) is 121 Å². The number of likely N-dealkylation sites (tertiary alicyclic amines) is 1. The number of ether oxygens (including phenoxy) is 2. The normalized spacial score (nSPS) is 16.9. The molecule has 0 unspecified atom stereocenters. The van der Waals surface area contributed by atoms with Crippen LogP contribution < -0.4 is 38.9 Å². The van der Waals surface area contributed by atoms with E-state index in [0.717, 1.165) is 118 Å². The monoisotopic (exact) mass is 1750 g/mol. The van der Waals surface area contributed by atoms with Crippen molar-refractivity contribution in [1.82, 2.24) is 44.5 Å². The van der Waals surface area contributed by atoms with Gasteiger partial charge in [-0.05, 0) is 153 Å². The Morgan fingerprint density at radius 1 is 0.394 bits per heavy atom. The Morgan fingerprint density at radius 3 is 1.06 bits per heavy atom. The molecule has 7 aliphatic heterocycles. The van der Waals surface area contributed by atoms with Gasteiger partial charge in [-0.3, -0.25) is 29.1 Å². The summed E-state index contributed by atoms with van der Waals surface area (Å²) in [5.74, 6) is -0.250. The van der Waals surface area contributed by atoms with Crippen LogP contribution in [0, 0.1) is 88.8 Å². The van der Waals surface area contributed by atoms with Gasteiger partial charge in [-0.15, -0.1) is 0 Å². The maximum Gasteiger partial charge on any atom is 0.273 e. The number of hydrogen-bond donors (Lipinski definition) is 0. The molecule has 664 valence electrons. The first-order valence-electron chi connectivity index (χ1n) is 45.1. The minimum Gasteiger partial charge on any atom is -0.470 e. The summed E-state index contributed by atoms with van der Waals surface area (Å²) in [6.07, 6.45) is 12.8. The van der Waals surface area contributed by atoms with Crippen LogP contribution in [-0.4, -0.2) is 178 Å². The first kappa shape index (κ1) is 89.7. The molecule has 11 aromatic rings. The van der Waals surface area contributed by atoms with Crippen molar-refractivity contribution >= 4 is 90.1 Å². The molecule has 0 bridgehead atoms. The zero-order valence-electron chi connectivity index (χ0n) is 74.7. The second-order valence-corrected chi connectivity index (χ2v) is 34.1. The number of nitrogens with zero attached hydrogens (tertiary/aromatic N) is 21. The molecule has 6 aromatic carbocycles. The quantitative estimate of drug-likeness (QED) is 0.0679. The van der Waals surface area contributed by atoms with Gasteiger partial charge in [0.05, 0.1) is 121 Å². The number of rotatable bonds is 19. The molecule has 4 amide bonds. The van der Waals surface area contributed by atoms with Crippen LogP contribution in [0.2, 0.25) is 0 Å². The third kappa shape index (κ3) is 18.5. The maximum absolute atomic E-state index is 14.0. The fourth-order valence-electron chi connectivity index (χ4n) is 20.0. The van der Waals surface area contributed by atoms with Crippen LogP contribution in [0.15, 0.2) is 196 Å². The molecular weight excluding hydrogens is 1650 g/mol. The van der Waals surface area contributed by atoms with E-state index in [1.807, 2.05) is 41.3 Å². The number of pyridine rings is 5. The Hall–Kier alpha value is -15.7. The van der Waals surface area contributed by atoms with E-state index in [1.54, 1.807) is 27.1 Å². The van der Waals surface area contributed by atoms with Crippen molar-refractivity contribution in [2.45, 2.75) is 130 Å². The Bertz CT molecular complexity index is 6290. The molecule has 0 N–H and O–H groups in total. The number of benzene rings is 6.